The molecule has 1 heterocycles. The zero-order valence-corrected chi connectivity index (χ0v) is 5.32. The Morgan fingerprint density at radius 1 is 1.67 bits per heavy atom. The molecule has 0 amide bonds. The van der Waals surface area contributed by atoms with Crippen molar-refractivity contribution >= 4 is 0 Å². The van der Waals surface area contributed by atoms with Crippen LogP contribution in [-0.2, 0) is 0 Å². The molecule has 0 aliphatic heterocycles. The Bertz CT molecular complexity index is 149. The molecule has 0 spiro atoms. The molecule has 1 rings (SSSR count). The number of nitrogens with zero attached hydrogens (tertiary/aromatic N) is 3. The largest absolute Gasteiger partial charge is 0.395 e. The van der Waals surface area contributed by atoms with Gasteiger partial charge in [0.1, 0.15) is 6.61 Å². The average molecular weight is 127 g/mol. The lowest BCUT2D eigenvalue weighted by Crippen LogP contribution is -2.12. The Morgan fingerprint density at radius 3 is 3.11 bits per heavy atom. The van der Waals surface area contributed by atoms with E-state index in [1.165, 1.54) is 4.85 Å². The predicted octanol–water partition coefficient (Wildman–Crippen LogP) is 0.117. The SMILES string of the molecule is CCCOn1ccnn1. The van der Waals surface area contributed by atoms with Gasteiger partial charge in [0.25, 0.3) is 0 Å². The molecular formula is C5H9N3O. The third-order valence-electron chi connectivity index (χ3n) is 0.828. The fraction of sp³-hybridized carbons (Fsp3) is 0.600. The molecule has 4 heteroatoms. The minimum absolute atomic E-state index is 0.684. The third kappa shape index (κ3) is 1.71. The second-order valence-corrected chi connectivity index (χ2v) is 1.64. The van der Waals surface area contributed by atoms with E-state index in [-0.39, 0.29) is 0 Å². The number of aromatic nitrogens is 3. The van der Waals surface area contributed by atoms with Crippen LogP contribution in [0.4, 0.5) is 0 Å². The van der Waals surface area contributed by atoms with Gasteiger partial charge in [0, 0.05) is 0 Å². The Morgan fingerprint density at radius 2 is 2.56 bits per heavy atom. The quantitative estimate of drug-likeness (QED) is 0.578. The second kappa shape index (κ2) is 3.06. The van der Waals surface area contributed by atoms with Gasteiger partial charge in [-0.25, -0.2) is 0 Å². The molecule has 4 nitrogen and oxygen atoms in total. The first-order valence-corrected chi connectivity index (χ1v) is 2.93. The van der Waals surface area contributed by atoms with Crippen LogP contribution in [0, 0.1) is 0 Å². The van der Waals surface area contributed by atoms with Crippen LogP contribution in [0.3, 0.4) is 0 Å². The topological polar surface area (TPSA) is 39.9 Å². The van der Waals surface area contributed by atoms with Crippen molar-refractivity contribution in [2.75, 3.05) is 6.61 Å². The van der Waals surface area contributed by atoms with Gasteiger partial charge in [0.05, 0.1) is 12.4 Å². The molecule has 0 aromatic carbocycles. The predicted molar refractivity (Wildman–Crippen MR) is 31.8 cm³/mol. The summed E-state index contributed by atoms with van der Waals surface area (Å²) in [6, 6.07) is 0. The lowest BCUT2D eigenvalue weighted by atomic mass is 10.5. The van der Waals surface area contributed by atoms with Crippen molar-refractivity contribution in [3.63, 3.8) is 0 Å². The van der Waals surface area contributed by atoms with Crippen LogP contribution in [0.5, 0.6) is 0 Å². The maximum Gasteiger partial charge on any atom is 0.116 e. The molecule has 0 aliphatic rings. The van der Waals surface area contributed by atoms with E-state index in [1.54, 1.807) is 12.4 Å². The van der Waals surface area contributed by atoms with Crippen molar-refractivity contribution in [2.24, 2.45) is 0 Å². The Kier molecular flexibility index (Phi) is 2.06. The molecule has 50 valence electrons. The third-order valence-corrected chi connectivity index (χ3v) is 0.828. The molecule has 1 aromatic rings. The highest BCUT2D eigenvalue weighted by Crippen LogP contribution is 1.76. The Labute approximate surface area is 53.4 Å². The molecule has 0 saturated heterocycles. The van der Waals surface area contributed by atoms with Gasteiger partial charge < -0.3 is 4.84 Å². The molecule has 0 fully saturated rings. The fourth-order valence-electron chi connectivity index (χ4n) is 0.451. The lowest BCUT2D eigenvalue weighted by molar-refractivity contribution is 0.0788. The van der Waals surface area contributed by atoms with Gasteiger partial charge in [-0.1, -0.05) is 11.8 Å². The maximum absolute atomic E-state index is 5.04. The molecule has 0 aliphatic carbocycles. The molecule has 0 N–H and O–H groups in total. The lowest BCUT2D eigenvalue weighted by Gasteiger charge is -1.98. The first-order chi connectivity index (χ1) is 4.43. The minimum Gasteiger partial charge on any atom is -0.395 e. The highest BCUT2D eigenvalue weighted by atomic mass is 16.7. The first-order valence-electron chi connectivity index (χ1n) is 2.93. The smallest absolute Gasteiger partial charge is 0.116 e. The van der Waals surface area contributed by atoms with E-state index in [4.69, 9.17) is 4.84 Å². The van der Waals surface area contributed by atoms with E-state index in [2.05, 4.69) is 10.3 Å². The van der Waals surface area contributed by atoms with E-state index in [0.717, 1.165) is 6.42 Å². The van der Waals surface area contributed by atoms with E-state index < -0.39 is 0 Å². The summed E-state index contributed by atoms with van der Waals surface area (Å²) in [5.41, 5.74) is 0. The number of hydrogen-bond donors (Lipinski definition) is 0. The van der Waals surface area contributed by atoms with Crippen LogP contribution in [-0.4, -0.2) is 21.8 Å². The molecule has 0 atom stereocenters. The summed E-state index contributed by atoms with van der Waals surface area (Å²) < 4.78 is 0. The molecular weight excluding hydrogens is 118 g/mol. The zero-order valence-electron chi connectivity index (χ0n) is 5.32. The molecule has 0 radical (unpaired) electrons. The monoisotopic (exact) mass is 127 g/mol. The summed E-state index contributed by atoms with van der Waals surface area (Å²) in [5.74, 6) is 0. The Balaban J connectivity index is 2.30. The van der Waals surface area contributed by atoms with Gasteiger partial charge in [-0.2, -0.15) is 0 Å². The van der Waals surface area contributed by atoms with Crippen LogP contribution in [0.1, 0.15) is 13.3 Å². The average Bonchev–Trinajstić information content (AvgIpc) is 2.34. The summed E-state index contributed by atoms with van der Waals surface area (Å²) in [6.07, 6.45) is 4.23. The van der Waals surface area contributed by atoms with Crippen molar-refractivity contribution in [1.82, 2.24) is 15.2 Å². The van der Waals surface area contributed by atoms with Crippen molar-refractivity contribution < 1.29 is 4.84 Å². The maximum atomic E-state index is 5.04. The van der Waals surface area contributed by atoms with Crippen LogP contribution in [0.15, 0.2) is 12.4 Å². The summed E-state index contributed by atoms with van der Waals surface area (Å²) in [6.45, 7) is 2.72. The van der Waals surface area contributed by atoms with E-state index in [0.29, 0.717) is 6.61 Å². The number of rotatable bonds is 3. The van der Waals surface area contributed by atoms with Crippen molar-refractivity contribution in [3.8, 4) is 0 Å². The van der Waals surface area contributed by atoms with Gasteiger partial charge in [-0.15, -0.1) is 5.10 Å². The summed E-state index contributed by atoms with van der Waals surface area (Å²) in [7, 11) is 0. The fourth-order valence-corrected chi connectivity index (χ4v) is 0.451. The molecule has 9 heavy (non-hydrogen) atoms. The van der Waals surface area contributed by atoms with Crippen LogP contribution in [0.25, 0.3) is 0 Å². The first kappa shape index (κ1) is 6.07. The van der Waals surface area contributed by atoms with Gasteiger partial charge in [-0.3, -0.25) is 0 Å². The molecule has 0 saturated carbocycles. The van der Waals surface area contributed by atoms with Crippen molar-refractivity contribution in [3.05, 3.63) is 12.4 Å². The van der Waals surface area contributed by atoms with Crippen molar-refractivity contribution in [2.45, 2.75) is 13.3 Å². The summed E-state index contributed by atoms with van der Waals surface area (Å²) in [4.78, 5) is 6.39. The van der Waals surface area contributed by atoms with Crippen molar-refractivity contribution in [1.29, 1.82) is 0 Å². The van der Waals surface area contributed by atoms with E-state index in [1.807, 2.05) is 6.92 Å². The van der Waals surface area contributed by atoms with Crippen LogP contribution >= 0.6 is 0 Å². The summed E-state index contributed by atoms with van der Waals surface area (Å²) >= 11 is 0. The second-order valence-electron chi connectivity index (χ2n) is 1.64. The van der Waals surface area contributed by atoms with Gasteiger partial charge in [0.15, 0.2) is 0 Å². The van der Waals surface area contributed by atoms with E-state index >= 15 is 0 Å². The van der Waals surface area contributed by atoms with Crippen LogP contribution in [0.2, 0.25) is 0 Å². The normalized spacial score (nSPS) is 9.44. The van der Waals surface area contributed by atoms with E-state index in [9.17, 15) is 0 Å². The van der Waals surface area contributed by atoms with Gasteiger partial charge in [-0.05, 0) is 11.6 Å². The summed E-state index contributed by atoms with van der Waals surface area (Å²) in [5, 5.41) is 7.16. The molecule has 0 bridgehead atoms. The minimum atomic E-state index is 0.684. The highest BCUT2D eigenvalue weighted by Gasteiger charge is 1.85. The number of hydrogen-bond acceptors (Lipinski definition) is 3. The Hall–Kier alpha value is -1.06. The van der Waals surface area contributed by atoms with Gasteiger partial charge >= 0.3 is 0 Å². The standard InChI is InChI=1S/C5H9N3O/c1-2-5-9-8-4-3-6-7-8/h3-4H,2,5H2,1H3. The van der Waals surface area contributed by atoms with Gasteiger partial charge in [0.2, 0.25) is 0 Å². The van der Waals surface area contributed by atoms with Crippen LogP contribution < -0.4 is 4.84 Å². The zero-order chi connectivity index (χ0) is 6.53. The highest BCUT2D eigenvalue weighted by molar-refractivity contribution is 4.58. The molecule has 0 unspecified atom stereocenters. The molecule has 1 aromatic heterocycles.